The molecule has 0 bridgehead atoms. The molecule has 0 aromatic carbocycles. The maximum atomic E-state index is 0. The standard InChI is InChI=1S/4BrH.Th/h4*1H;/q;;;;+4/p-4. The summed E-state index contributed by atoms with van der Waals surface area (Å²) in [6, 6.07) is 0. The first-order chi connectivity index (χ1) is 0. The molecule has 0 aliphatic heterocycles. The number of halogens is 4. The van der Waals surface area contributed by atoms with Crippen LogP contribution in [0.2, 0.25) is 0 Å². The summed E-state index contributed by atoms with van der Waals surface area (Å²) < 4.78 is 0. The van der Waals surface area contributed by atoms with E-state index in [0.29, 0.717) is 0 Å². The molecule has 0 unspecified atom stereocenters. The Hall–Kier alpha value is 3.24. The van der Waals surface area contributed by atoms with Crippen LogP contribution in [0, 0.1) is 39.9 Å². The summed E-state index contributed by atoms with van der Waals surface area (Å²) in [7, 11) is 0. The van der Waals surface area contributed by atoms with Gasteiger partial charge in [-0.25, -0.2) is 0 Å². The number of hydrogen-bond donors (Lipinski definition) is 0. The Labute approximate surface area is 106 Å². The molecule has 0 heterocycles. The molecule has 0 radical (unpaired) electrons. The van der Waals surface area contributed by atoms with Gasteiger partial charge in [-0.1, -0.05) is 0 Å². The minimum Gasteiger partial charge on any atom is -1.00 e. The van der Waals surface area contributed by atoms with E-state index in [1.54, 1.807) is 0 Å². The van der Waals surface area contributed by atoms with Gasteiger partial charge in [-0.2, -0.15) is 0 Å². The smallest absolute Gasteiger partial charge is 1.00 e. The topological polar surface area (TPSA) is 0 Å². The molecule has 0 rings (SSSR count). The van der Waals surface area contributed by atoms with Gasteiger partial charge in [-0.3, -0.25) is 0 Å². The van der Waals surface area contributed by atoms with Crippen LogP contribution in [0.5, 0.6) is 0 Å². The van der Waals surface area contributed by atoms with E-state index in [1.165, 1.54) is 0 Å². The first-order valence-electron chi connectivity index (χ1n) is 0. The molecule has 0 spiro atoms. The van der Waals surface area contributed by atoms with Crippen molar-refractivity contribution in [3.05, 3.63) is 0 Å². The van der Waals surface area contributed by atoms with E-state index < -0.39 is 0 Å². The van der Waals surface area contributed by atoms with Crippen LogP contribution in [0.25, 0.3) is 0 Å². The molecule has 0 aromatic rings. The Balaban J connectivity index is 0. The van der Waals surface area contributed by atoms with Gasteiger partial charge in [0, 0.05) is 0 Å². The number of rotatable bonds is 0. The van der Waals surface area contributed by atoms with Crippen LogP contribution in [0.4, 0.5) is 0 Å². The molecule has 0 aliphatic rings. The van der Waals surface area contributed by atoms with Crippen LogP contribution < -0.4 is 67.9 Å². The van der Waals surface area contributed by atoms with Gasteiger partial charge in [0.1, 0.15) is 0 Å². The van der Waals surface area contributed by atoms with Crippen molar-refractivity contribution in [3.63, 3.8) is 0 Å². The van der Waals surface area contributed by atoms with Gasteiger partial charge in [0.2, 0.25) is 0 Å². The quantitative estimate of drug-likeness (QED) is 0.281. The minimum atomic E-state index is 0. The molecule has 0 saturated carbocycles. The maximum Gasteiger partial charge on any atom is 4.00 e. The van der Waals surface area contributed by atoms with E-state index in [0.717, 1.165) is 0 Å². The molecule has 5 heteroatoms. The molecule has 0 aromatic heterocycles. The predicted molar refractivity (Wildman–Crippen MR) is 0 cm³/mol. The molecule has 0 atom stereocenters. The van der Waals surface area contributed by atoms with Gasteiger partial charge in [0.25, 0.3) is 0 Å². The zero-order valence-corrected chi connectivity index (χ0v) is 12.5. The SMILES string of the molecule is [Br-].[Br-].[Br-].[Br-].[Th+4]. The minimum absolute atomic E-state index is 0. The molecular weight excluding hydrogens is 552 g/mol. The van der Waals surface area contributed by atoms with Crippen LogP contribution >= 0.6 is 0 Å². The van der Waals surface area contributed by atoms with E-state index in [1.807, 2.05) is 0 Å². The van der Waals surface area contributed by atoms with E-state index in [9.17, 15) is 0 Å². The van der Waals surface area contributed by atoms with Crippen LogP contribution in [0.1, 0.15) is 0 Å². The summed E-state index contributed by atoms with van der Waals surface area (Å²) in [6.07, 6.45) is 0. The molecule has 5 heavy (non-hydrogen) atoms. The van der Waals surface area contributed by atoms with E-state index in [-0.39, 0.29) is 108 Å². The van der Waals surface area contributed by atoms with Crippen LogP contribution in [0.15, 0.2) is 0 Å². The van der Waals surface area contributed by atoms with Gasteiger partial charge in [0.05, 0.1) is 0 Å². The third-order valence-corrected chi connectivity index (χ3v) is 0. The van der Waals surface area contributed by atoms with Crippen molar-refractivity contribution in [2.24, 2.45) is 0 Å². The van der Waals surface area contributed by atoms with Crippen LogP contribution in [-0.4, -0.2) is 0 Å². The van der Waals surface area contributed by atoms with Crippen molar-refractivity contribution in [1.29, 1.82) is 0 Å². The Morgan fingerprint density at radius 2 is 0.400 bits per heavy atom. The molecule has 0 nitrogen and oxygen atoms in total. The van der Waals surface area contributed by atoms with Crippen molar-refractivity contribution in [3.8, 4) is 0 Å². The van der Waals surface area contributed by atoms with E-state index in [2.05, 4.69) is 0 Å². The molecule has 0 fully saturated rings. The first-order valence-corrected chi connectivity index (χ1v) is 0. The third-order valence-electron chi connectivity index (χ3n) is 0. The van der Waals surface area contributed by atoms with Crippen LogP contribution in [0.3, 0.4) is 0 Å². The summed E-state index contributed by atoms with van der Waals surface area (Å²) in [5, 5.41) is 0. The Morgan fingerprint density at radius 1 is 0.400 bits per heavy atom. The van der Waals surface area contributed by atoms with Gasteiger partial charge < -0.3 is 67.9 Å². The fraction of sp³-hybridized carbons (Fsp3) is 0. The summed E-state index contributed by atoms with van der Waals surface area (Å²) in [4.78, 5) is 0. The second-order valence-electron chi connectivity index (χ2n) is 0. The Bertz CT molecular complexity index is 3.61. The van der Waals surface area contributed by atoms with Gasteiger partial charge in [-0.05, 0) is 0 Å². The Kier molecular flexibility index (Phi) is 221. The molecular formula is Br4Th. The zero-order chi connectivity index (χ0) is 0. The van der Waals surface area contributed by atoms with Crippen molar-refractivity contribution < 1.29 is 108 Å². The normalized spacial score (nSPS) is 0. The van der Waals surface area contributed by atoms with E-state index in [4.69, 9.17) is 0 Å². The average Bonchev–Trinajstić information content (AvgIpc) is 0. The number of hydrogen-bond acceptors (Lipinski definition) is 0. The first kappa shape index (κ1) is 41.1. The molecule has 0 amide bonds. The monoisotopic (exact) mass is 548 g/mol. The van der Waals surface area contributed by atoms with Crippen molar-refractivity contribution in [2.45, 2.75) is 0 Å². The fourth-order valence-corrected chi connectivity index (χ4v) is 0. The van der Waals surface area contributed by atoms with E-state index >= 15 is 0 Å². The molecule has 0 saturated heterocycles. The van der Waals surface area contributed by atoms with Gasteiger partial charge in [0.15, 0.2) is 0 Å². The zero-order valence-electron chi connectivity index (χ0n) is 2.01. The second kappa shape index (κ2) is 26.8. The van der Waals surface area contributed by atoms with Crippen molar-refractivity contribution >= 4 is 0 Å². The summed E-state index contributed by atoms with van der Waals surface area (Å²) in [5.74, 6) is 0. The van der Waals surface area contributed by atoms with Gasteiger partial charge in [-0.15, -0.1) is 0 Å². The largest absolute Gasteiger partial charge is 4.00 e. The maximum absolute atomic E-state index is 0. The van der Waals surface area contributed by atoms with Crippen LogP contribution in [-0.2, 0) is 0 Å². The second-order valence-corrected chi connectivity index (χ2v) is 0. The molecule has 32 valence electrons. The van der Waals surface area contributed by atoms with Gasteiger partial charge >= 0.3 is 39.9 Å². The summed E-state index contributed by atoms with van der Waals surface area (Å²) in [5.41, 5.74) is 0. The predicted octanol–water partition coefficient (Wildman–Crippen LogP) is -12.0. The fourth-order valence-electron chi connectivity index (χ4n) is 0. The Morgan fingerprint density at radius 3 is 0.400 bits per heavy atom. The summed E-state index contributed by atoms with van der Waals surface area (Å²) in [6.45, 7) is 0. The van der Waals surface area contributed by atoms with Crippen molar-refractivity contribution in [1.82, 2.24) is 0 Å². The average molecular weight is 552 g/mol. The third kappa shape index (κ3) is 18.9. The van der Waals surface area contributed by atoms with Crippen molar-refractivity contribution in [2.75, 3.05) is 0 Å². The molecule has 0 N–H and O–H groups in total. The summed E-state index contributed by atoms with van der Waals surface area (Å²) >= 11 is 0. The molecule has 0 aliphatic carbocycles.